The summed E-state index contributed by atoms with van der Waals surface area (Å²) in [4.78, 5) is 16.1. The number of likely N-dealkylation sites (tertiary alicyclic amines) is 2. The molecule has 2 aliphatic rings. The lowest BCUT2D eigenvalue weighted by Crippen LogP contribution is -2.49. The molecular weight excluding hydrogens is 202 g/mol. The molecule has 92 valence electrons. The third-order valence-electron chi connectivity index (χ3n) is 4.06. The van der Waals surface area contributed by atoms with Gasteiger partial charge in [0.15, 0.2) is 0 Å². The Kier molecular flexibility index (Phi) is 3.82. The van der Waals surface area contributed by atoms with E-state index in [-0.39, 0.29) is 11.8 Å². The molecule has 16 heavy (non-hydrogen) atoms. The molecule has 2 rings (SSSR count). The Morgan fingerprint density at radius 1 is 1.19 bits per heavy atom. The number of rotatable bonds is 2. The number of nitrogens with zero attached hydrogens (tertiary/aromatic N) is 2. The van der Waals surface area contributed by atoms with Crippen LogP contribution in [-0.4, -0.2) is 55.0 Å². The maximum Gasteiger partial charge on any atom is 0.221 e. The molecule has 0 radical (unpaired) electrons. The van der Waals surface area contributed by atoms with Crippen LogP contribution in [0, 0.1) is 5.92 Å². The summed E-state index contributed by atoms with van der Waals surface area (Å²) in [5.74, 6) is -0.0222. The van der Waals surface area contributed by atoms with Crippen LogP contribution in [0.3, 0.4) is 0 Å². The Labute approximate surface area is 97.8 Å². The smallest absolute Gasteiger partial charge is 0.221 e. The molecule has 2 heterocycles. The van der Waals surface area contributed by atoms with Crippen molar-refractivity contribution in [3.63, 3.8) is 0 Å². The van der Waals surface area contributed by atoms with Gasteiger partial charge in [-0.05, 0) is 52.4 Å². The third-order valence-corrected chi connectivity index (χ3v) is 4.06. The molecule has 1 amide bonds. The van der Waals surface area contributed by atoms with E-state index in [2.05, 4.69) is 16.8 Å². The molecule has 1 unspecified atom stereocenters. The van der Waals surface area contributed by atoms with Crippen LogP contribution in [-0.2, 0) is 4.79 Å². The first kappa shape index (κ1) is 11.9. The van der Waals surface area contributed by atoms with Gasteiger partial charge in [0.05, 0.1) is 5.92 Å². The van der Waals surface area contributed by atoms with Crippen molar-refractivity contribution in [3.8, 4) is 0 Å². The van der Waals surface area contributed by atoms with Crippen molar-refractivity contribution in [2.75, 3.05) is 33.2 Å². The largest absolute Gasteiger partial charge is 0.369 e. The third kappa shape index (κ3) is 2.74. The SMILES string of the molecule is CN1CCC(N2CCCC(C(N)=O)C2)CC1. The average molecular weight is 225 g/mol. The van der Waals surface area contributed by atoms with E-state index >= 15 is 0 Å². The summed E-state index contributed by atoms with van der Waals surface area (Å²) >= 11 is 0. The molecule has 4 heteroatoms. The van der Waals surface area contributed by atoms with Crippen LogP contribution in [0.4, 0.5) is 0 Å². The Morgan fingerprint density at radius 2 is 1.88 bits per heavy atom. The molecule has 0 aromatic rings. The van der Waals surface area contributed by atoms with Crippen LogP contribution in [0.15, 0.2) is 0 Å². The van der Waals surface area contributed by atoms with Crippen LogP contribution in [0.2, 0.25) is 0 Å². The second-order valence-electron chi connectivity index (χ2n) is 5.27. The van der Waals surface area contributed by atoms with Gasteiger partial charge in [-0.3, -0.25) is 9.69 Å². The zero-order valence-corrected chi connectivity index (χ0v) is 10.2. The molecule has 4 nitrogen and oxygen atoms in total. The van der Waals surface area contributed by atoms with Crippen molar-refractivity contribution < 1.29 is 4.79 Å². The van der Waals surface area contributed by atoms with Gasteiger partial charge in [-0.2, -0.15) is 0 Å². The van der Waals surface area contributed by atoms with E-state index in [1.165, 1.54) is 25.9 Å². The van der Waals surface area contributed by atoms with Gasteiger partial charge in [0.2, 0.25) is 5.91 Å². The van der Waals surface area contributed by atoms with E-state index < -0.39 is 0 Å². The second kappa shape index (κ2) is 5.15. The highest BCUT2D eigenvalue weighted by Gasteiger charge is 2.29. The lowest BCUT2D eigenvalue weighted by atomic mass is 9.93. The van der Waals surface area contributed by atoms with Crippen LogP contribution < -0.4 is 5.73 Å². The zero-order chi connectivity index (χ0) is 11.5. The number of carbonyl (C=O) groups is 1. The molecule has 2 fully saturated rings. The minimum absolute atomic E-state index is 0.0911. The van der Waals surface area contributed by atoms with E-state index in [1.54, 1.807) is 0 Å². The van der Waals surface area contributed by atoms with Gasteiger partial charge < -0.3 is 10.6 Å². The van der Waals surface area contributed by atoms with Gasteiger partial charge in [-0.1, -0.05) is 0 Å². The maximum absolute atomic E-state index is 11.2. The molecule has 2 N–H and O–H groups in total. The van der Waals surface area contributed by atoms with Crippen LogP contribution >= 0.6 is 0 Å². The normalized spacial score (nSPS) is 30.4. The van der Waals surface area contributed by atoms with Gasteiger partial charge in [0.25, 0.3) is 0 Å². The van der Waals surface area contributed by atoms with Crippen LogP contribution in [0.25, 0.3) is 0 Å². The summed E-state index contributed by atoms with van der Waals surface area (Å²) in [5.41, 5.74) is 5.41. The summed E-state index contributed by atoms with van der Waals surface area (Å²) in [5, 5.41) is 0. The highest BCUT2D eigenvalue weighted by molar-refractivity contribution is 5.76. The van der Waals surface area contributed by atoms with Crippen molar-refractivity contribution in [2.24, 2.45) is 11.7 Å². The van der Waals surface area contributed by atoms with E-state index in [9.17, 15) is 4.79 Å². The van der Waals surface area contributed by atoms with Gasteiger partial charge in [-0.25, -0.2) is 0 Å². The van der Waals surface area contributed by atoms with Crippen molar-refractivity contribution >= 4 is 5.91 Å². The van der Waals surface area contributed by atoms with Crippen LogP contribution in [0.5, 0.6) is 0 Å². The average Bonchev–Trinajstić information content (AvgIpc) is 2.30. The predicted molar refractivity (Wildman–Crippen MR) is 64.0 cm³/mol. The zero-order valence-electron chi connectivity index (χ0n) is 10.2. The Hall–Kier alpha value is -0.610. The summed E-state index contributed by atoms with van der Waals surface area (Å²) in [6.45, 7) is 4.41. The highest BCUT2D eigenvalue weighted by atomic mass is 16.1. The first-order valence-electron chi connectivity index (χ1n) is 6.38. The van der Waals surface area contributed by atoms with Gasteiger partial charge >= 0.3 is 0 Å². The second-order valence-corrected chi connectivity index (χ2v) is 5.27. The highest BCUT2D eigenvalue weighted by Crippen LogP contribution is 2.23. The molecular formula is C12H23N3O. The number of primary amides is 1. The van der Waals surface area contributed by atoms with Crippen molar-refractivity contribution in [3.05, 3.63) is 0 Å². The van der Waals surface area contributed by atoms with Gasteiger partial charge in [0, 0.05) is 12.6 Å². The van der Waals surface area contributed by atoms with E-state index in [0.717, 1.165) is 25.9 Å². The van der Waals surface area contributed by atoms with Crippen molar-refractivity contribution in [1.29, 1.82) is 0 Å². The minimum Gasteiger partial charge on any atom is -0.369 e. The summed E-state index contributed by atoms with van der Waals surface area (Å²) in [7, 11) is 2.18. The van der Waals surface area contributed by atoms with E-state index in [4.69, 9.17) is 5.73 Å². The first-order valence-corrected chi connectivity index (χ1v) is 6.38. The molecule has 2 saturated heterocycles. The topological polar surface area (TPSA) is 49.6 Å². The van der Waals surface area contributed by atoms with Crippen LogP contribution in [0.1, 0.15) is 25.7 Å². The van der Waals surface area contributed by atoms with E-state index in [0.29, 0.717) is 6.04 Å². The van der Waals surface area contributed by atoms with Gasteiger partial charge in [-0.15, -0.1) is 0 Å². The van der Waals surface area contributed by atoms with Crippen molar-refractivity contribution in [1.82, 2.24) is 9.80 Å². The van der Waals surface area contributed by atoms with E-state index in [1.807, 2.05) is 0 Å². The molecule has 0 aromatic carbocycles. The summed E-state index contributed by atoms with van der Waals surface area (Å²) in [6.07, 6.45) is 4.59. The fraction of sp³-hybridized carbons (Fsp3) is 0.917. The quantitative estimate of drug-likeness (QED) is 0.734. The number of hydrogen-bond acceptors (Lipinski definition) is 3. The van der Waals surface area contributed by atoms with Crippen molar-refractivity contribution in [2.45, 2.75) is 31.7 Å². The molecule has 0 aromatic heterocycles. The molecule has 1 atom stereocenters. The maximum atomic E-state index is 11.2. The Morgan fingerprint density at radius 3 is 2.50 bits per heavy atom. The monoisotopic (exact) mass is 225 g/mol. The molecule has 0 saturated carbocycles. The lowest BCUT2D eigenvalue weighted by Gasteiger charge is -2.41. The number of hydrogen-bond donors (Lipinski definition) is 1. The number of piperidine rings is 2. The fourth-order valence-corrected chi connectivity index (χ4v) is 2.93. The molecule has 0 aliphatic carbocycles. The molecule has 0 bridgehead atoms. The first-order chi connectivity index (χ1) is 7.66. The number of nitrogens with two attached hydrogens (primary N) is 1. The minimum atomic E-state index is -0.113. The molecule has 0 spiro atoms. The summed E-state index contributed by atoms with van der Waals surface area (Å²) in [6, 6.07) is 0.679. The standard InChI is InChI=1S/C12H23N3O/c1-14-7-4-11(5-8-14)15-6-2-3-10(9-15)12(13)16/h10-11H,2-9H2,1H3,(H2,13,16). The predicted octanol–water partition coefficient (Wildman–Crippen LogP) is 0.278. The number of amides is 1. The lowest BCUT2D eigenvalue weighted by molar-refractivity contribution is -0.123. The number of carbonyl (C=O) groups excluding carboxylic acids is 1. The Bertz CT molecular complexity index is 249. The Balaban J connectivity index is 1.87. The molecule has 2 aliphatic heterocycles. The summed E-state index contributed by atoms with van der Waals surface area (Å²) < 4.78 is 0. The fourth-order valence-electron chi connectivity index (χ4n) is 2.93. The van der Waals surface area contributed by atoms with Gasteiger partial charge in [0.1, 0.15) is 0 Å².